The first-order chi connectivity index (χ1) is 12.0. The molecule has 1 amide bonds. The van der Waals surface area contributed by atoms with Crippen LogP contribution in [0.4, 0.5) is 15.0 Å². The fourth-order valence-corrected chi connectivity index (χ4v) is 2.84. The normalized spacial score (nSPS) is 15.8. The molecule has 2 aromatic rings. The highest BCUT2D eigenvalue weighted by Crippen LogP contribution is 2.24. The highest BCUT2D eigenvalue weighted by Gasteiger charge is 2.23. The van der Waals surface area contributed by atoms with Crippen molar-refractivity contribution in [2.24, 2.45) is 0 Å². The summed E-state index contributed by atoms with van der Waals surface area (Å²) in [6.07, 6.45) is 1.27. The van der Waals surface area contributed by atoms with E-state index in [1.165, 1.54) is 6.07 Å². The molecule has 1 aromatic heterocycles. The standard InChI is InChI=1S/C18H19ClFN3O2/c1-13(19)25-18(24)23-10-8-22(9-11-23)17-7-6-14(12-21-17)15-4-2-3-5-16(15)20/h2-7,12-13H,8-11H2,1H3. The maximum Gasteiger partial charge on any atom is 0.411 e. The number of rotatable bonds is 3. The predicted molar refractivity (Wildman–Crippen MR) is 95.2 cm³/mol. The van der Waals surface area contributed by atoms with Gasteiger partial charge in [0.2, 0.25) is 0 Å². The summed E-state index contributed by atoms with van der Waals surface area (Å²) in [5, 5.41) is 0. The number of halogens is 2. The lowest BCUT2D eigenvalue weighted by Crippen LogP contribution is -2.49. The van der Waals surface area contributed by atoms with Crippen LogP contribution in [-0.2, 0) is 4.74 Å². The molecule has 1 fully saturated rings. The quantitative estimate of drug-likeness (QED) is 0.779. The van der Waals surface area contributed by atoms with Crippen molar-refractivity contribution in [3.8, 4) is 11.1 Å². The number of anilines is 1. The van der Waals surface area contributed by atoms with Gasteiger partial charge in [-0.3, -0.25) is 0 Å². The second-order valence-corrected chi connectivity index (χ2v) is 6.40. The molecule has 0 radical (unpaired) electrons. The van der Waals surface area contributed by atoms with Crippen LogP contribution in [0.3, 0.4) is 0 Å². The van der Waals surface area contributed by atoms with Crippen LogP contribution in [0.2, 0.25) is 0 Å². The zero-order chi connectivity index (χ0) is 17.8. The van der Waals surface area contributed by atoms with E-state index in [1.54, 1.807) is 36.2 Å². The topological polar surface area (TPSA) is 45.7 Å². The third-order valence-corrected chi connectivity index (χ3v) is 4.15. The van der Waals surface area contributed by atoms with Crippen molar-refractivity contribution in [1.82, 2.24) is 9.88 Å². The fourth-order valence-electron chi connectivity index (χ4n) is 2.76. The molecule has 2 heterocycles. The number of pyridine rings is 1. The Morgan fingerprint density at radius 2 is 1.92 bits per heavy atom. The van der Waals surface area contributed by atoms with Crippen LogP contribution in [0.5, 0.6) is 0 Å². The van der Waals surface area contributed by atoms with Crippen molar-refractivity contribution in [3.63, 3.8) is 0 Å². The van der Waals surface area contributed by atoms with Crippen LogP contribution in [0, 0.1) is 5.82 Å². The minimum Gasteiger partial charge on any atom is -0.430 e. The highest BCUT2D eigenvalue weighted by atomic mass is 35.5. The Morgan fingerprint density at radius 3 is 2.52 bits per heavy atom. The first-order valence-corrected chi connectivity index (χ1v) is 8.54. The van der Waals surface area contributed by atoms with E-state index in [1.807, 2.05) is 12.1 Å². The summed E-state index contributed by atoms with van der Waals surface area (Å²) in [4.78, 5) is 20.0. The lowest BCUT2D eigenvalue weighted by molar-refractivity contribution is 0.0937. The maximum absolute atomic E-state index is 13.8. The Balaban J connectivity index is 1.63. The minimum absolute atomic E-state index is 0.266. The molecule has 0 aliphatic carbocycles. The number of carbonyl (C=O) groups excluding carboxylic acids is 1. The summed E-state index contributed by atoms with van der Waals surface area (Å²) < 4.78 is 18.8. The Kier molecular flexibility index (Phi) is 5.38. The molecule has 7 heteroatoms. The fraction of sp³-hybridized carbons (Fsp3) is 0.333. The Hall–Kier alpha value is -2.34. The van der Waals surface area contributed by atoms with Crippen LogP contribution < -0.4 is 4.90 Å². The molecule has 25 heavy (non-hydrogen) atoms. The number of carbonyl (C=O) groups is 1. The summed E-state index contributed by atoms with van der Waals surface area (Å²) in [7, 11) is 0. The first-order valence-electron chi connectivity index (χ1n) is 8.10. The molecule has 3 rings (SSSR count). The molecule has 0 spiro atoms. The van der Waals surface area contributed by atoms with Crippen molar-refractivity contribution in [2.45, 2.75) is 12.5 Å². The van der Waals surface area contributed by atoms with Crippen molar-refractivity contribution >= 4 is 23.5 Å². The number of amides is 1. The largest absolute Gasteiger partial charge is 0.430 e. The number of piperazine rings is 1. The van der Waals surface area contributed by atoms with Gasteiger partial charge in [-0.1, -0.05) is 29.8 Å². The molecule has 1 atom stereocenters. The predicted octanol–water partition coefficient (Wildman–Crippen LogP) is 3.73. The van der Waals surface area contributed by atoms with E-state index >= 15 is 0 Å². The monoisotopic (exact) mass is 363 g/mol. The zero-order valence-corrected chi connectivity index (χ0v) is 14.6. The Morgan fingerprint density at radius 1 is 1.20 bits per heavy atom. The minimum atomic E-state index is -0.641. The molecule has 0 bridgehead atoms. The van der Waals surface area contributed by atoms with Crippen LogP contribution in [0.1, 0.15) is 6.92 Å². The summed E-state index contributed by atoms with van der Waals surface area (Å²) >= 11 is 5.68. The third kappa shape index (κ3) is 4.20. The number of nitrogens with zero attached hydrogens (tertiary/aromatic N) is 3. The summed E-state index contributed by atoms with van der Waals surface area (Å²) in [5.41, 5.74) is 0.627. The van der Waals surface area contributed by atoms with Gasteiger partial charge < -0.3 is 14.5 Å². The van der Waals surface area contributed by atoms with E-state index in [9.17, 15) is 9.18 Å². The molecule has 0 saturated carbocycles. The van der Waals surface area contributed by atoms with Crippen molar-refractivity contribution < 1.29 is 13.9 Å². The average Bonchev–Trinajstić information content (AvgIpc) is 2.62. The number of aromatic nitrogens is 1. The molecule has 5 nitrogen and oxygen atoms in total. The number of ether oxygens (including phenoxy) is 1. The second-order valence-electron chi connectivity index (χ2n) is 5.79. The van der Waals surface area contributed by atoms with Gasteiger partial charge >= 0.3 is 6.09 Å². The van der Waals surface area contributed by atoms with E-state index in [0.717, 1.165) is 11.4 Å². The van der Waals surface area contributed by atoms with Gasteiger partial charge in [0.25, 0.3) is 0 Å². The second kappa shape index (κ2) is 7.70. The number of hydrogen-bond donors (Lipinski definition) is 0. The van der Waals surface area contributed by atoms with Crippen LogP contribution in [-0.4, -0.2) is 47.7 Å². The van der Waals surface area contributed by atoms with Gasteiger partial charge in [0.05, 0.1) is 0 Å². The molecule has 1 unspecified atom stereocenters. The molecule has 132 valence electrons. The highest BCUT2D eigenvalue weighted by molar-refractivity contribution is 6.19. The first kappa shape index (κ1) is 17.5. The van der Waals surface area contributed by atoms with E-state index in [2.05, 4.69) is 9.88 Å². The number of benzene rings is 1. The number of alkyl halides is 1. The van der Waals surface area contributed by atoms with Crippen molar-refractivity contribution in [2.75, 3.05) is 31.1 Å². The van der Waals surface area contributed by atoms with Gasteiger partial charge in [-0.2, -0.15) is 0 Å². The third-order valence-electron chi connectivity index (χ3n) is 4.06. The van der Waals surface area contributed by atoms with Gasteiger partial charge in [-0.05, 0) is 25.1 Å². The Bertz CT molecular complexity index is 731. The van der Waals surface area contributed by atoms with E-state index in [-0.39, 0.29) is 5.82 Å². The van der Waals surface area contributed by atoms with Crippen LogP contribution >= 0.6 is 11.6 Å². The average molecular weight is 364 g/mol. The van der Waals surface area contributed by atoms with Crippen molar-refractivity contribution in [3.05, 3.63) is 48.4 Å². The van der Waals surface area contributed by atoms with Gasteiger partial charge in [-0.15, -0.1) is 0 Å². The molecule has 1 aliphatic rings. The van der Waals surface area contributed by atoms with Gasteiger partial charge in [0.1, 0.15) is 11.6 Å². The van der Waals surface area contributed by atoms with Gasteiger partial charge in [-0.25, -0.2) is 14.2 Å². The Labute approximate surface area is 151 Å². The van der Waals surface area contributed by atoms with Gasteiger partial charge in [0, 0.05) is 43.5 Å². The van der Waals surface area contributed by atoms with E-state index in [4.69, 9.17) is 16.3 Å². The summed E-state index contributed by atoms with van der Waals surface area (Å²) in [6.45, 7) is 3.99. The number of hydrogen-bond acceptors (Lipinski definition) is 4. The SMILES string of the molecule is CC(Cl)OC(=O)N1CCN(c2ccc(-c3ccccc3F)cn2)CC1. The molecule has 1 aromatic carbocycles. The lowest BCUT2D eigenvalue weighted by atomic mass is 10.1. The molecular formula is C18H19ClFN3O2. The van der Waals surface area contributed by atoms with Crippen LogP contribution in [0.25, 0.3) is 11.1 Å². The molecule has 0 N–H and O–H groups in total. The molecule has 1 aliphatic heterocycles. The van der Waals surface area contributed by atoms with Crippen LogP contribution in [0.15, 0.2) is 42.6 Å². The van der Waals surface area contributed by atoms with Gasteiger partial charge in [0.15, 0.2) is 5.56 Å². The zero-order valence-electron chi connectivity index (χ0n) is 13.9. The molecule has 1 saturated heterocycles. The lowest BCUT2D eigenvalue weighted by Gasteiger charge is -2.35. The van der Waals surface area contributed by atoms with Crippen molar-refractivity contribution in [1.29, 1.82) is 0 Å². The van der Waals surface area contributed by atoms with E-state index in [0.29, 0.717) is 31.7 Å². The van der Waals surface area contributed by atoms with E-state index < -0.39 is 11.7 Å². The summed E-state index contributed by atoms with van der Waals surface area (Å²) in [6, 6.07) is 10.4. The maximum atomic E-state index is 13.8. The molecular weight excluding hydrogens is 345 g/mol. The summed E-state index contributed by atoms with van der Waals surface area (Å²) in [5.74, 6) is 0.538. The smallest absolute Gasteiger partial charge is 0.411 e.